The van der Waals surface area contributed by atoms with E-state index in [1.807, 2.05) is 41.4 Å². The van der Waals surface area contributed by atoms with Gasteiger partial charge in [-0.2, -0.15) is 5.10 Å². The Kier molecular flexibility index (Phi) is 6.36. The normalized spacial score (nSPS) is 23.8. The molecular weight excluding hydrogens is 406 g/mol. The molecule has 1 amide bonds. The van der Waals surface area contributed by atoms with Crippen LogP contribution in [0.5, 0.6) is 0 Å². The van der Waals surface area contributed by atoms with E-state index >= 15 is 0 Å². The standard InChI is InChI=1S/C24H29N5O3/c1-27-11-13-28(14-12-27)26-16-18-6-8-20(9-7-18)24(32)29(17-22(30)31)15-10-19-4-2-3-5-21(19)23(29)25/h2-9,16,23H,10-15,17,25H2,1H3/p+1. The molecule has 32 heavy (non-hydrogen) atoms. The number of quaternary nitrogens is 1. The minimum atomic E-state index is -1.04. The molecule has 2 aromatic carbocycles. The van der Waals surface area contributed by atoms with E-state index in [9.17, 15) is 14.7 Å². The highest BCUT2D eigenvalue weighted by molar-refractivity contribution is 5.91. The van der Waals surface area contributed by atoms with Gasteiger partial charge in [-0.1, -0.05) is 36.4 Å². The van der Waals surface area contributed by atoms with Crippen LogP contribution in [0.3, 0.4) is 0 Å². The minimum absolute atomic E-state index is 0.267. The number of rotatable bonds is 5. The van der Waals surface area contributed by atoms with E-state index in [0.29, 0.717) is 18.5 Å². The largest absolute Gasteiger partial charge is 0.477 e. The maximum Gasteiger partial charge on any atom is 0.359 e. The Bertz CT molecular complexity index is 1010. The zero-order valence-corrected chi connectivity index (χ0v) is 18.4. The maximum atomic E-state index is 13.6. The molecule has 3 N–H and O–H groups in total. The summed E-state index contributed by atoms with van der Waals surface area (Å²) in [6, 6.07) is 14.8. The van der Waals surface area contributed by atoms with Crippen LogP contribution in [0.4, 0.5) is 0 Å². The molecule has 2 atom stereocenters. The van der Waals surface area contributed by atoms with Crippen molar-refractivity contribution >= 4 is 18.1 Å². The quantitative estimate of drug-likeness (QED) is 0.545. The molecule has 8 nitrogen and oxygen atoms in total. The summed E-state index contributed by atoms with van der Waals surface area (Å²) >= 11 is 0. The molecule has 2 unspecified atom stereocenters. The van der Waals surface area contributed by atoms with Crippen LogP contribution in [-0.4, -0.2) is 83.9 Å². The fourth-order valence-corrected chi connectivity index (χ4v) is 4.52. The average Bonchev–Trinajstić information content (AvgIpc) is 2.80. The number of fused-ring (bicyclic) bond motifs is 1. The number of amides is 1. The van der Waals surface area contributed by atoms with Crippen LogP contribution in [0.25, 0.3) is 0 Å². The zero-order valence-electron chi connectivity index (χ0n) is 18.4. The molecule has 2 heterocycles. The number of aliphatic carboxylic acids is 1. The van der Waals surface area contributed by atoms with Crippen molar-refractivity contribution in [3.05, 3.63) is 70.8 Å². The second-order valence-corrected chi connectivity index (χ2v) is 8.63. The van der Waals surface area contributed by atoms with Gasteiger partial charge in [0.25, 0.3) is 0 Å². The van der Waals surface area contributed by atoms with Crippen LogP contribution in [0.1, 0.15) is 33.2 Å². The number of carbonyl (C=O) groups is 2. The van der Waals surface area contributed by atoms with Gasteiger partial charge < -0.3 is 10.0 Å². The van der Waals surface area contributed by atoms with E-state index in [2.05, 4.69) is 17.0 Å². The topological polar surface area (TPSA) is 99.2 Å². The van der Waals surface area contributed by atoms with Gasteiger partial charge in [-0.3, -0.25) is 10.7 Å². The van der Waals surface area contributed by atoms with Gasteiger partial charge in [0.2, 0.25) is 0 Å². The van der Waals surface area contributed by atoms with E-state index in [0.717, 1.165) is 42.9 Å². The van der Waals surface area contributed by atoms with Gasteiger partial charge >= 0.3 is 11.9 Å². The lowest BCUT2D eigenvalue weighted by atomic mass is 9.93. The van der Waals surface area contributed by atoms with Crippen LogP contribution < -0.4 is 5.73 Å². The van der Waals surface area contributed by atoms with Crippen LogP contribution in [0.2, 0.25) is 0 Å². The molecular formula is C24H30N5O3+. The third-order valence-corrected chi connectivity index (χ3v) is 6.52. The predicted octanol–water partition coefficient (Wildman–Crippen LogP) is 1.52. The molecule has 2 aliphatic rings. The van der Waals surface area contributed by atoms with Crippen LogP contribution >= 0.6 is 0 Å². The van der Waals surface area contributed by atoms with Crippen molar-refractivity contribution in [2.75, 3.05) is 46.3 Å². The summed E-state index contributed by atoms with van der Waals surface area (Å²) in [6.45, 7) is 3.75. The van der Waals surface area contributed by atoms with Gasteiger partial charge in [-0.15, -0.1) is 0 Å². The summed E-state index contributed by atoms with van der Waals surface area (Å²) < 4.78 is -0.318. The number of nitrogens with zero attached hydrogens (tertiary/aromatic N) is 4. The van der Waals surface area contributed by atoms with Crippen molar-refractivity contribution in [1.29, 1.82) is 0 Å². The van der Waals surface area contributed by atoms with E-state index < -0.39 is 12.1 Å². The number of nitrogens with two attached hydrogens (primary N) is 1. The Labute approximate surface area is 188 Å². The Hall–Kier alpha value is -3.07. The van der Waals surface area contributed by atoms with E-state index in [1.165, 1.54) is 0 Å². The van der Waals surface area contributed by atoms with Gasteiger partial charge in [0.05, 0.1) is 18.3 Å². The lowest BCUT2D eigenvalue weighted by Gasteiger charge is -2.43. The summed E-state index contributed by atoms with van der Waals surface area (Å²) in [7, 11) is 2.10. The number of carbonyl (C=O) groups excluding carboxylic acids is 1. The first-order valence-electron chi connectivity index (χ1n) is 10.9. The monoisotopic (exact) mass is 436 g/mol. The SMILES string of the molecule is CN1CCN(N=Cc2ccc(C(=O)[N+]3(CC(=O)O)CCc4ccccc4C3N)cc2)CC1. The molecule has 0 spiro atoms. The summed E-state index contributed by atoms with van der Waals surface area (Å²) in [5.41, 5.74) is 9.79. The average molecular weight is 437 g/mol. The molecule has 0 bridgehead atoms. The molecule has 8 heteroatoms. The first kappa shape index (κ1) is 22.1. The Morgan fingerprint density at radius 2 is 1.81 bits per heavy atom. The lowest BCUT2D eigenvalue weighted by molar-refractivity contribution is -0.875. The highest BCUT2D eigenvalue weighted by Gasteiger charge is 2.48. The summed E-state index contributed by atoms with van der Waals surface area (Å²) in [6.07, 6.45) is 1.69. The fraction of sp³-hybridized carbons (Fsp3) is 0.375. The van der Waals surface area contributed by atoms with Gasteiger partial charge in [-0.05, 0) is 30.3 Å². The fourth-order valence-electron chi connectivity index (χ4n) is 4.52. The second kappa shape index (κ2) is 9.20. The minimum Gasteiger partial charge on any atom is -0.477 e. The van der Waals surface area contributed by atoms with Crippen molar-refractivity contribution < 1.29 is 19.2 Å². The van der Waals surface area contributed by atoms with Crippen molar-refractivity contribution in [2.24, 2.45) is 10.8 Å². The molecule has 2 aromatic rings. The number of likely N-dealkylation sites (N-methyl/N-ethyl adjacent to an activating group) is 1. The molecule has 0 saturated carbocycles. The Morgan fingerprint density at radius 1 is 1.12 bits per heavy atom. The lowest BCUT2D eigenvalue weighted by Crippen LogP contribution is -2.62. The molecule has 0 radical (unpaired) electrons. The first-order chi connectivity index (χ1) is 15.4. The Morgan fingerprint density at radius 3 is 2.50 bits per heavy atom. The molecule has 4 rings (SSSR count). The highest BCUT2D eigenvalue weighted by atomic mass is 16.4. The molecule has 0 aliphatic carbocycles. The van der Waals surface area contributed by atoms with Crippen LogP contribution in [0, 0.1) is 0 Å². The van der Waals surface area contributed by atoms with E-state index in [1.54, 1.807) is 18.3 Å². The number of carboxylic acids is 1. The van der Waals surface area contributed by atoms with Crippen LogP contribution in [-0.2, 0) is 11.2 Å². The van der Waals surface area contributed by atoms with Crippen LogP contribution in [0.15, 0.2) is 53.6 Å². The number of benzene rings is 2. The highest BCUT2D eigenvalue weighted by Crippen LogP contribution is 2.34. The molecule has 1 saturated heterocycles. The van der Waals surface area contributed by atoms with Gasteiger partial charge in [0, 0.05) is 38.2 Å². The number of hydrogen-bond donors (Lipinski definition) is 2. The summed E-state index contributed by atoms with van der Waals surface area (Å²) in [5, 5.41) is 16.2. The summed E-state index contributed by atoms with van der Waals surface area (Å²) in [4.78, 5) is 27.6. The molecule has 0 aromatic heterocycles. The Balaban J connectivity index is 1.55. The second-order valence-electron chi connectivity index (χ2n) is 8.63. The van der Waals surface area contributed by atoms with Crippen molar-refractivity contribution in [3.8, 4) is 0 Å². The smallest absolute Gasteiger partial charge is 0.359 e. The van der Waals surface area contributed by atoms with E-state index in [4.69, 9.17) is 5.73 Å². The van der Waals surface area contributed by atoms with Crippen molar-refractivity contribution in [3.63, 3.8) is 0 Å². The molecule has 168 valence electrons. The van der Waals surface area contributed by atoms with Gasteiger partial charge in [-0.25, -0.2) is 14.1 Å². The van der Waals surface area contributed by atoms with Crippen molar-refractivity contribution in [1.82, 2.24) is 9.91 Å². The van der Waals surface area contributed by atoms with Gasteiger partial charge in [0.15, 0.2) is 12.7 Å². The summed E-state index contributed by atoms with van der Waals surface area (Å²) in [5.74, 6) is -1.30. The van der Waals surface area contributed by atoms with Gasteiger partial charge in [0.1, 0.15) is 0 Å². The first-order valence-corrected chi connectivity index (χ1v) is 10.9. The third kappa shape index (κ3) is 4.43. The van der Waals surface area contributed by atoms with E-state index in [-0.39, 0.29) is 16.9 Å². The third-order valence-electron chi connectivity index (χ3n) is 6.52. The number of hydrogen-bond acceptors (Lipinski definition) is 6. The number of carboxylic acid groups (broad SMARTS) is 1. The number of piperazine rings is 1. The predicted molar refractivity (Wildman–Crippen MR) is 122 cm³/mol. The molecule has 1 fully saturated rings. The zero-order chi connectivity index (χ0) is 22.7. The van der Waals surface area contributed by atoms with Crippen molar-refractivity contribution in [2.45, 2.75) is 12.6 Å². The molecule has 2 aliphatic heterocycles. The number of hydrazone groups is 1. The maximum absolute atomic E-state index is 13.6.